The Hall–Kier alpha value is -0.320. The van der Waals surface area contributed by atoms with E-state index in [4.69, 9.17) is 11.6 Å². The van der Waals surface area contributed by atoms with Crippen LogP contribution in [0.1, 0.15) is 25.7 Å². The fraction of sp³-hybridized carbons (Fsp3) is 0.643. The highest BCUT2D eigenvalue weighted by Crippen LogP contribution is 2.31. The summed E-state index contributed by atoms with van der Waals surface area (Å²) in [5.74, 6) is 1.67. The molecule has 2 aliphatic rings. The van der Waals surface area contributed by atoms with Crippen LogP contribution in [0.5, 0.6) is 0 Å². The molecule has 0 saturated carbocycles. The van der Waals surface area contributed by atoms with E-state index in [9.17, 15) is 0 Å². The van der Waals surface area contributed by atoms with Crippen molar-refractivity contribution in [1.82, 2.24) is 10.3 Å². The Kier molecular flexibility index (Phi) is 4.30. The molecular weight excluding hydrogens is 326 g/mol. The number of nitrogens with zero attached hydrogens (tertiary/aromatic N) is 2. The molecular formula is C14H19BrClN3. The summed E-state index contributed by atoms with van der Waals surface area (Å²) < 4.78 is 0.937. The fourth-order valence-corrected chi connectivity index (χ4v) is 4.03. The Morgan fingerprint density at radius 3 is 3.00 bits per heavy atom. The molecule has 1 aromatic heterocycles. The van der Waals surface area contributed by atoms with Gasteiger partial charge < -0.3 is 10.2 Å². The van der Waals surface area contributed by atoms with Crippen LogP contribution in [0.3, 0.4) is 0 Å². The molecule has 2 aliphatic heterocycles. The largest absolute Gasteiger partial charge is 0.355 e. The zero-order valence-corrected chi connectivity index (χ0v) is 13.3. The second kappa shape index (κ2) is 5.98. The van der Waals surface area contributed by atoms with Gasteiger partial charge in [0.2, 0.25) is 0 Å². The molecule has 0 aromatic carbocycles. The maximum atomic E-state index is 6.32. The van der Waals surface area contributed by atoms with Gasteiger partial charge in [0.05, 0.1) is 5.02 Å². The van der Waals surface area contributed by atoms with E-state index >= 15 is 0 Å². The molecule has 0 bridgehead atoms. The molecule has 0 amide bonds. The smallest absolute Gasteiger partial charge is 0.147 e. The minimum atomic E-state index is 0.692. The second-order valence-electron chi connectivity index (χ2n) is 5.51. The van der Waals surface area contributed by atoms with Crippen LogP contribution in [-0.4, -0.2) is 30.7 Å². The number of piperidine rings is 1. The Labute approximate surface area is 127 Å². The lowest BCUT2D eigenvalue weighted by Gasteiger charge is -2.36. The lowest BCUT2D eigenvalue weighted by atomic mass is 9.90. The molecule has 0 radical (unpaired) electrons. The summed E-state index contributed by atoms with van der Waals surface area (Å²) in [6, 6.07) is 2.62. The predicted molar refractivity (Wildman–Crippen MR) is 82.9 cm³/mol. The number of aromatic nitrogens is 1. The van der Waals surface area contributed by atoms with Crippen molar-refractivity contribution >= 4 is 33.3 Å². The molecule has 3 rings (SSSR count). The monoisotopic (exact) mass is 343 g/mol. The molecule has 2 unspecified atom stereocenters. The van der Waals surface area contributed by atoms with E-state index in [0.717, 1.165) is 34.3 Å². The van der Waals surface area contributed by atoms with Crippen LogP contribution in [0.15, 0.2) is 16.7 Å². The van der Waals surface area contributed by atoms with Gasteiger partial charge in [-0.2, -0.15) is 0 Å². The van der Waals surface area contributed by atoms with Gasteiger partial charge in [-0.25, -0.2) is 4.98 Å². The Morgan fingerprint density at radius 2 is 2.26 bits per heavy atom. The van der Waals surface area contributed by atoms with Gasteiger partial charge in [0.1, 0.15) is 5.82 Å². The van der Waals surface area contributed by atoms with Gasteiger partial charge in [0, 0.05) is 29.8 Å². The van der Waals surface area contributed by atoms with E-state index in [-0.39, 0.29) is 0 Å². The molecule has 19 heavy (non-hydrogen) atoms. The van der Waals surface area contributed by atoms with Gasteiger partial charge in [-0.3, -0.25) is 0 Å². The van der Waals surface area contributed by atoms with Crippen LogP contribution in [0, 0.1) is 5.92 Å². The molecule has 3 nitrogen and oxygen atoms in total. The van der Waals surface area contributed by atoms with Crippen LogP contribution < -0.4 is 10.2 Å². The predicted octanol–water partition coefficient (Wildman–Crippen LogP) is 3.47. The van der Waals surface area contributed by atoms with E-state index in [1.165, 1.54) is 32.2 Å². The third kappa shape index (κ3) is 3.06. The minimum Gasteiger partial charge on any atom is -0.355 e. The summed E-state index contributed by atoms with van der Waals surface area (Å²) in [6.07, 6.45) is 7.02. The van der Waals surface area contributed by atoms with E-state index in [2.05, 4.69) is 31.1 Å². The van der Waals surface area contributed by atoms with Crippen LogP contribution in [0.2, 0.25) is 5.02 Å². The first-order chi connectivity index (χ1) is 9.24. The number of hydrogen-bond acceptors (Lipinski definition) is 3. The van der Waals surface area contributed by atoms with Crippen LogP contribution in [0.25, 0.3) is 0 Å². The SMILES string of the molecule is Clc1cc(Br)cnc1N1CCCC(C2CCCN2)C1. The molecule has 3 heterocycles. The van der Waals surface area contributed by atoms with Crippen molar-refractivity contribution in [2.45, 2.75) is 31.7 Å². The first-order valence-electron chi connectivity index (χ1n) is 7.03. The zero-order valence-electron chi connectivity index (χ0n) is 10.9. The third-order valence-corrected chi connectivity index (χ3v) is 4.93. The standard InChI is InChI=1S/C14H19BrClN3/c15-11-7-12(16)14(18-8-11)19-6-2-3-10(9-19)13-4-1-5-17-13/h7-8,10,13,17H,1-6,9H2. The second-order valence-corrected chi connectivity index (χ2v) is 6.83. The molecule has 0 spiro atoms. The summed E-state index contributed by atoms with van der Waals surface area (Å²) >= 11 is 9.73. The number of anilines is 1. The lowest BCUT2D eigenvalue weighted by Crippen LogP contribution is -2.43. The number of halogens is 2. The Balaban J connectivity index is 1.73. The van der Waals surface area contributed by atoms with E-state index in [0.29, 0.717) is 6.04 Å². The summed E-state index contributed by atoms with van der Waals surface area (Å²) in [6.45, 7) is 3.32. The van der Waals surface area contributed by atoms with E-state index in [1.54, 1.807) is 0 Å². The molecule has 0 aliphatic carbocycles. The molecule has 1 N–H and O–H groups in total. The van der Waals surface area contributed by atoms with Gasteiger partial charge in [-0.05, 0) is 60.1 Å². The van der Waals surface area contributed by atoms with Gasteiger partial charge in [0.25, 0.3) is 0 Å². The van der Waals surface area contributed by atoms with Crippen molar-refractivity contribution in [3.63, 3.8) is 0 Å². The van der Waals surface area contributed by atoms with Gasteiger partial charge in [0.15, 0.2) is 0 Å². The summed E-state index contributed by atoms with van der Waals surface area (Å²) in [7, 11) is 0. The summed E-state index contributed by atoms with van der Waals surface area (Å²) in [4.78, 5) is 6.84. The average Bonchev–Trinajstić information content (AvgIpc) is 2.93. The Bertz CT molecular complexity index is 448. The highest BCUT2D eigenvalue weighted by atomic mass is 79.9. The van der Waals surface area contributed by atoms with Crippen molar-refractivity contribution in [1.29, 1.82) is 0 Å². The normalized spacial score (nSPS) is 27.8. The van der Waals surface area contributed by atoms with Gasteiger partial charge in [-0.15, -0.1) is 0 Å². The maximum absolute atomic E-state index is 6.32. The van der Waals surface area contributed by atoms with E-state index in [1.807, 2.05) is 12.3 Å². The zero-order chi connectivity index (χ0) is 13.2. The molecule has 5 heteroatoms. The maximum Gasteiger partial charge on any atom is 0.147 e. The summed E-state index contributed by atoms with van der Waals surface area (Å²) in [5.41, 5.74) is 0. The first kappa shape index (κ1) is 13.7. The highest BCUT2D eigenvalue weighted by Gasteiger charge is 2.30. The quantitative estimate of drug-likeness (QED) is 0.890. The molecule has 104 valence electrons. The number of hydrogen-bond donors (Lipinski definition) is 1. The molecule has 1 aromatic rings. The minimum absolute atomic E-state index is 0.692. The lowest BCUT2D eigenvalue weighted by molar-refractivity contribution is 0.328. The van der Waals surface area contributed by atoms with Crippen molar-refractivity contribution in [3.05, 3.63) is 21.8 Å². The topological polar surface area (TPSA) is 28.2 Å². The van der Waals surface area contributed by atoms with Crippen molar-refractivity contribution in [2.75, 3.05) is 24.5 Å². The van der Waals surface area contributed by atoms with Crippen LogP contribution in [-0.2, 0) is 0 Å². The first-order valence-corrected chi connectivity index (χ1v) is 8.20. The van der Waals surface area contributed by atoms with Crippen molar-refractivity contribution < 1.29 is 0 Å². The van der Waals surface area contributed by atoms with Crippen molar-refractivity contribution in [2.24, 2.45) is 5.92 Å². The van der Waals surface area contributed by atoms with Gasteiger partial charge >= 0.3 is 0 Å². The number of nitrogens with one attached hydrogen (secondary N) is 1. The van der Waals surface area contributed by atoms with Gasteiger partial charge in [-0.1, -0.05) is 11.6 Å². The van der Waals surface area contributed by atoms with E-state index < -0.39 is 0 Å². The fourth-order valence-electron chi connectivity index (χ4n) is 3.28. The average molecular weight is 345 g/mol. The Morgan fingerprint density at radius 1 is 1.37 bits per heavy atom. The molecule has 2 fully saturated rings. The van der Waals surface area contributed by atoms with Crippen LogP contribution in [0.4, 0.5) is 5.82 Å². The number of rotatable bonds is 2. The number of pyridine rings is 1. The summed E-state index contributed by atoms with van der Waals surface area (Å²) in [5, 5.41) is 4.38. The van der Waals surface area contributed by atoms with Crippen LogP contribution >= 0.6 is 27.5 Å². The molecule has 2 atom stereocenters. The van der Waals surface area contributed by atoms with Crippen molar-refractivity contribution in [3.8, 4) is 0 Å². The highest BCUT2D eigenvalue weighted by molar-refractivity contribution is 9.10. The molecule has 2 saturated heterocycles. The third-order valence-electron chi connectivity index (χ3n) is 4.21.